The van der Waals surface area contributed by atoms with Crippen molar-refractivity contribution < 1.29 is 35.9 Å². The second kappa shape index (κ2) is 5.22. The SMILES string of the molecule is CC(C)(C)N1C(=O)c2ccc(C(C(F)(F)F)C(F)(F)F)cc2C1=O. The van der Waals surface area contributed by atoms with Gasteiger partial charge in [0.25, 0.3) is 11.8 Å². The Morgan fingerprint density at radius 3 is 1.71 bits per heavy atom. The standard InChI is InChI=1S/C15H13F6NO2/c1-13(2,3)22-11(23)8-5-4-7(6-9(8)12(22)24)10(14(16,17)18)15(19,20)21/h4-6,10H,1-3H3. The van der Waals surface area contributed by atoms with Crippen LogP contribution in [0.4, 0.5) is 26.3 Å². The lowest BCUT2D eigenvalue weighted by molar-refractivity contribution is -0.253. The Bertz CT molecular complexity index is 685. The number of rotatable bonds is 1. The molecule has 1 aromatic carbocycles. The van der Waals surface area contributed by atoms with Crippen molar-refractivity contribution in [2.75, 3.05) is 0 Å². The zero-order chi connectivity index (χ0) is 18.7. The van der Waals surface area contributed by atoms with Crippen LogP contribution in [-0.2, 0) is 0 Å². The highest BCUT2D eigenvalue weighted by Gasteiger charge is 2.58. The summed E-state index contributed by atoms with van der Waals surface area (Å²) in [5.74, 6) is -5.38. The number of alkyl halides is 6. The molecule has 0 fully saturated rings. The maximum absolute atomic E-state index is 12.8. The Kier molecular flexibility index (Phi) is 3.98. The minimum Gasteiger partial charge on any atom is -0.269 e. The first-order valence-corrected chi connectivity index (χ1v) is 6.82. The zero-order valence-electron chi connectivity index (χ0n) is 12.8. The maximum Gasteiger partial charge on any atom is 0.404 e. The molecule has 0 radical (unpaired) electrons. The fourth-order valence-electron chi connectivity index (χ4n) is 2.61. The van der Waals surface area contributed by atoms with Crippen molar-refractivity contribution in [2.45, 2.75) is 44.6 Å². The van der Waals surface area contributed by atoms with Crippen molar-refractivity contribution >= 4 is 11.8 Å². The van der Waals surface area contributed by atoms with Crippen molar-refractivity contribution in [2.24, 2.45) is 0 Å². The Morgan fingerprint density at radius 1 is 0.833 bits per heavy atom. The minimum atomic E-state index is -5.57. The molecule has 0 saturated carbocycles. The lowest BCUT2D eigenvalue weighted by atomic mass is 9.94. The van der Waals surface area contributed by atoms with Gasteiger partial charge < -0.3 is 0 Å². The summed E-state index contributed by atoms with van der Waals surface area (Å²) in [5.41, 5.74) is -2.74. The Morgan fingerprint density at radius 2 is 1.29 bits per heavy atom. The molecule has 1 heterocycles. The van der Waals surface area contributed by atoms with Crippen LogP contribution in [0.1, 0.15) is 53.0 Å². The molecule has 24 heavy (non-hydrogen) atoms. The summed E-state index contributed by atoms with van der Waals surface area (Å²) in [4.78, 5) is 25.3. The molecule has 0 unspecified atom stereocenters. The third kappa shape index (κ3) is 2.99. The molecular formula is C15H13F6NO2. The summed E-state index contributed by atoms with van der Waals surface area (Å²) >= 11 is 0. The van der Waals surface area contributed by atoms with Crippen LogP contribution >= 0.6 is 0 Å². The molecule has 0 saturated heterocycles. The van der Waals surface area contributed by atoms with Crippen LogP contribution in [0, 0.1) is 0 Å². The fourth-order valence-corrected chi connectivity index (χ4v) is 2.61. The highest BCUT2D eigenvalue weighted by Crippen LogP contribution is 2.47. The topological polar surface area (TPSA) is 37.4 Å². The Balaban J connectivity index is 2.58. The number of halogens is 6. The largest absolute Gasteiger partial charge is 0.404 e. The summed E-state index contributed by atoms with van der Waals surface area (Å²) in [5, 5.41) is 0. The molecule has 3 nitrogen and oxygen atoms in total. The van der Waals surface area contributed by atoms with Crippen molar-refractivity contribution in [1.29, 1.82) is 0 Å². The molecule has 9 heteroatoms. The number of fused-ring (bicyclic) bond motifs is 1. The van der Waals surface area contributed by atoms with Gasteiger partial charge in [-0.05, 0) is 38.5 Å². The van der Waals surface area contributed by atoms with Crippen LogP contribution in [-0.4, -0.2) is 34.6 Å². The van der Waals surface area contributed by atoms with Gasteiger partial charge in [0, 0.05) is 5.54 Å². The average molecular weight is 353 g/mol. The smallest absolute Gasteiger partial charge is 0.269 e. The highest BCUT2D eigenvalue weighted by atomic mass is 19.4. The van der Waals surface area contributed by atoms with Crippen LogP contribution in [0.5, 0.6) is 0 Å². The van der Waals surface area contributed by atoms with Gasteiger partial charge >= 0.3 is 12.4 Å². The van der Waals surface area contributed by atoms with Gasteiger partial charge in [0.15, 0.2) is 5.92 Å². The quantitative estimate of drug-likeness (QED) is 0.558. The first-order valence-electron chi connectivity index (χ1n) is 6.82. The van der Waals surface area contributed by atoms with Gasteiger partial charge in [-0.15, -0.1) is 0 Å². The monoisotopic (exact) mass is 353 g/mol. The molecule has 0 bridgehead atoms. The average Bonchev–Trinajstić information content (AvgIpc) is 2.57. The van der Waals surface area contributed by atoms with Gasteiger partial charge in [-0.25, -0.2) is 0 Å². The van der Waals surface area contributed by atoms with E-state index in [9.17, 15) is 35.9 Å². The molecule has 0 N–H and O–H groups in total. The van der Waals surface area contributed by atoms with Crippen molar-refractivity contribution in [3.63, 3.8) is 0 Å². The predicted octanol–water partition coefficient (Wildman–Crippen LogP) is 4.29. The van der Waals surface area contributed by atoms with E-state index in [1.165, 1.54) is 20.8 Å². The van der Waals surface area contributed by atoms with E-state index >= 15 is 0 Å². The van der Waals surface area contributed by atoms with Crippen LogP contribution in [0.15, 0.2) is 18.2 Å². The molecule has 2 amide bonds. The molecule has 132 valence electrons. The van der Waals surface area contributed by atoms with E-state index < -0.39 is 46.8 Å². The van der Waals surface area contributed by atoms with Gasteiger partial charge in [0.1, 0.15) is 0 Å². The molecule has 1 aliphatic rings. The molecule has 1 aromatic rings. The lowest BCUT2D eigenvalue weighted by Crippen LogP contribution is -2.45. The zero-order valence-corrected chi connectivity index (χ0v) is 12.8. The number of hydrogen-bond donors (Lipinski definition) is 0. The van der Waals surface area contributed by atoms with E-state index in [2.05, 4.69) is 0 Å². The maximum atomic E-state index is 12.8. The van der Waals surface area contributed by atoms with E-state index in [4.69, 9.17) is 0 Å². The van der Waals surface area contributed by atoms with Gasteiger partial charge in [-0.3, -0.25) is 14.5 Å². The molecule has 0 aliphatic carbocycles. The Hall–Kier alpha value is -2.06. The molecule has 2 rings (SSSR count). The van der Waals surface area contributed by atoms with E-state index in [0.717, 1.165) is 11.0 Å². The molecule has 0 spiro atoms. The number of hydrogen-bond acceptors (Lipinski definition) is 2. The number of benzene rings is 1. The van der Waals surface area contributed by atoms with Gasteiger partial charge in [-0.2, -0.15) is 26.3 Å². The summed E-state index contributed by atoms with van der Waals surface area (Å²) in [6.45, 7) is 4.59. The minimum absolute atomic E-state index is 0.207. The number of nitrogens with zero attached hydrogens (tertiary/aromatic N) is 1. The Labute approximate surface area is 133 Å². The van der Waals surface area contributed by atoms with Crippen molar-refractivity contribution in [3.05, 3.63) is 34.9 Å². The van der Waals surface area contributed by atoms with E-state index in [0.29, 0.717) is 12.1 Å². The molecule has 0 atom stereocenters. The molecular weight excluding hydrogens is 340 g/mol. The number of carbonyl (C=O) groups is 2. The van der Waals surface area contributed by atoms with Crippen LogP contribution in [0.2, 0.25) is 0 Å². The van der Waals surface area contributed by atoms with Gasteiger partial charge in [0.2, 0.25) is 0 Å². The van der Waals surface area contributed by atoms with Crippen LogP contribution < -0.4 is 0 Å². The third-order valence-corrected chi connectivity index (χ3v) is 3.57. The van der Waals surface area contributed by atoms with Crippen molar-refractivity contribution in [1.82, 2.24) is 4.90 Å². The number of imide groups is 1. The van der Waals surface area contributed by atoms with E-state index in [1.54, 1.807) is 0 Å². The lowest BCUT2D eigenvalue weighted by Gasteiger charge is -2.29. The number of carbonyl (C=O) groups excluding carboxylic acids is 2. The number of amides is 2. The van der Waals surface area contributed by atoms with Crippen molar-refractivity contribution in [3.8, 4) is 0 Å². The first kappa shape index (κ1) is 18.3. The highest BCUT2D eigenvalue weighted by molar-refractivity contribution is 6.21. The van der Waals surface area contributed by atoms with Crippen LogP contribution in [0.3, 0.4) is 0 Å². The second-order valence-electron chi connectivity index (χ2n) is 6.44. The third-order valence-electron chi connectivity index (χ3n) is 3.57. The normalized spacial score (nSPS) is 16.2. The fraction of sp³-hybridized carbons (Fsp3) is 0.467. The summed E-state index contributed by atoms with van der Waals surface area (Å²) < 4.78 is 76.9. The predicted molar refractivity (Wildman–Crippen MR) is 71.5 cm³/mol. The molecule has 0 aromatic heterocycles. The summed E-state index contributed by atoms with van der Waals surface area (Å²) in [6, 6.07) is 1.93. The summed E-state index contributed by atoms with van der Waals surface area (Å²) in [7, 11) is 0. The van der Waals surface area contributed by atoms with Gasteiger partial charge in [0.05, 0.1) is 11.1 Å². The van der Waals surface area contributed by atoms with E-state index in [1.807, 2.05) is 0 Å². The van der Waals surface area contributed by atoms with Crippen LogP contribution in [0.25, 0.3) is 0 Å². The summed E-state index contributed by atoms with van der Waals surface area (Å²) in [6.07, 6.45) is -11.1. The van der Waals surface area contributed by atoms with E-state index in [-0.39, 0.29) is 5.56 Å². The van der Waals surface area contributed by atoms with Gasteiger partial charge in [-0.1, -0.05) is 6.07 Å². The second-order valence-corrected chi connectivity index (χ2v) is 6.44. The first-order chi connectivity index (χ1) is 10.7. The molecule has 1 aliphatic heterocycles.